The minimum absolute atomic E-state index is 0.0518. The topological polar surface area (TPSA) is 78.4 Å². The Morgan fingerprint density at radius 1 is 1.38 bits per heavy atom. The Morgan fingerprint density at radius 2 is 2.19 bits per heavy atom. The van der Waals surface area contributed by atoms with E-state index in [0.29, 0.717) is 13.0 Å². The van der Waals surface area contributed by atoms with Crippen molar-refractivity contribution in [2.24, 2.45) is 0 Å². The van der Waals surface area contributed by atoms with Gasteiger partial charge in [0.1, 0.15) is 0 Å². The van der Waals surface area contributed by atoms with E-state index >= 15 is 0 Å². The van der Waals surface area contributed by atoms with Gasteiger partial charge in [0.25, 0.3) is 0 Å². The smallest absolute Gasteiger partial charge is 0.303 e. The summed E-state index contributed by atoms with van der Waals surface area (Å²) in [7, 11) is 0. The number of carbonyl (C=O) groups excluding carboxylic acids is 1. The zero-order valence-electron chi connectivity index (χ0n) is 9.20. The number of carbonyl (C=O) groups is 2. The van der Waals surface area contributed by atoms with Crippen LogP contribution in [0.4, 0.5) is 0 Å². The molecular weight excluding hydrogens is 228 g/mol. The van der Waals surface area contributed by atoms with E-state index in [1.807, 2.05) is 0 Å². The monoisotopic (exact) mass is 246 g/mol. The standard InChI is InChI=1S/C10H18N2O3S/c13-9(14)4-2-1-3-5-11-10(15)8-6-16-7-12-8/h8,12H,1-7H2,(H,11,15)(H,13,14). The van der Waals surface area contributed by atoms with Crippen molar-refractivity contribution in [3.05, 3.63) is 0 Å². The molecule has 1 heterocycles. The number of amides is 1. The second-order valence-electron chi connectivity index (χ2n) is 3.77. The fourth-order valence-corrected chi connectivity index (χ4v) is 2.42. The summed E-state index contributed by atoms with van der Waals surface area (Å²) in [5, 5.41) is 14.4. The molecule has 92 valence electrons. The first-order valence-corrected chi connectivity index (χ1v) is 6.66. The third-order valence-corrected chi connectivity index (χ3v) is 3.34. The number of hydrogen-bond donors (Lipinski definition) is 3. The zero-order chi connectivity index (χ0) is 11.8. The highest BCUT2D eigenvalue weighted by Gasteiger charge is 2.21. The van der Waals surface area contributed by atoms with Crippen LogP contribution >= 0.6 is 11.8 Å². The lowest BCUT2D eigenvalue weighted by atomic mass is 10.2. The maximum Gasteiger partial charge on any atom is 0.303 e. The van der Waals surface area contributed by atoms with Crippen LogP contribution in [-0.4, -0.2) is 41.2 Å². The minimum Gasteiger partial charge on any atom is -0.481 e. The van der Waals surface area contributed by atoms with E-state index in [4.69, 9.17) is 5.11 Å². The van der Waals surface area contributed by atoms with Gasteiger partial charge in [0.15, 0.2) is 0 Å². The maximum atomic E-state index is 11.5. The number of aliphatic carboxylic acids is 1. The van der Waals surface area contributed by atoms with Crippen LogP contribution < -0.4 is 10.6 Å². The normalized spacial score (nSPS) is 19.6. The fraction of sp³-hybridized carbons (Fsp3) is 0.800. The molecule has 1 unspecified atom stereocenters. The first-order valence-electron chi connectivity index (χ1n) is 5.51. The van der Waals surface area contributed by atoms with E-state index in [-0.39, 0.29) is 18.4 Å². The second-order valence-corrected chi connectivity index (χ2v) is 4.80. The Kier molecular flexibility index (Phi) is 6.25. The van der Waals surface area contributed by atoms with E-state index in [9.17, 15) is 9.59 Å². The number of nitrogens with one attached hydrogen (secondary N) is 2. The highest BCUT2D eigenvalue weighted by atomic mass is 32.2. The molecule has 1 amide bonds. The number of unbranched alkanes of at least 4 members (excludes halogenated alkanes) is 2. The van der Waals surface area contributed by atoms with Gasteiger partial charge in [-0.05, 0) is 12.8 Å². The molecule has 1 aliphatic heterocycles. The van der Waals surface area contributed by atoms with E-state index < -0.39 is 5.97 Å². The van der Waals surface area contributed by atoms with Gasteiger partial charge in [-0.1, -0.05) is 6.42 Å². The van der Waals surface area contributed by atoms with E-state index in [1.165, 1.54) is 0 Å². The van der Waals surface area contributed by atoms with Gasteiger partial charge in [0.05, 0.1) is 6.04 Å². The van der Waals surface area contributed by atoms with Crippen LogP contribution in [0.5, 0.6) is 0 Å². The summed E-state index contributed by atoms with van der Waals surface area (Å²) in [5.41, 5.74) is 0. The molecule has 0 aromatic rings. The molecule has 1 atom stereocenters. The van der Waals surface area contributed by atoms with Crippen LogP contribution in [0.15, 0.2) is 0 Å². The third-order valence-electron chi connectivity index (χ3n) is 2.40. The predicted molar refractivity (Wildman–Crippen MR) is 63.4 cm³/mol. The molecule has 6 heteroatoms. The summed E-state index contributed by atoms with van der Waals surface area (Å²) in [6, 6.07) is -0.0518. The summed E-state index contributed by atoms with van der Waals surface area (Å²) in [5.74, 6) is 0.987. The van der Waals surface area contributed by atoms with Crippen molar-refractivity contribution in [3.8, 4) is 0 Å². The third kappa shape index (κ3) is 5.37. The molecule has 1 aliphatic rings. The van der Waals surface area contributed by atoms with Gasteiger partial charge in [-0.15, -0.1) is 11.8 Å². The Bertz CT molecular complexity index is 242. The average Bonchev–Trinajstić information content (AvgIpc) is 2.75. The summed E-state index contributed by atoms with van der Waals surface area (Å²) in [6.07, 6.45) is 2.59. The Balaban J connectivity index is 1.94. The molecule has 1 fully saturated rings. The lowest BCUT2D eigenvalue weighted by Gasteiger charge is -2.09. The van der Waals surface area contributed by atoms with Crippen molar-refractivity contribution >= 4 is 23.6 Å². The first kappa shape index (κ1) is 13.3. The first-order chi connectivity index (χ1) is 7.70. The van der Waals surface area contributed by atoms with E-state index in [0.717, 1.165) is 24.5 Å². The van der Waals surface area contributed by atoms with Gasteiger partial charge in [-0.3, -0.25) is 14.9 Å². The van der Waals surface area contributed by atoms with E-state index in [2.05, 4.69) is 10.6 Å². The Morgan fingerprint density at radius 3 is 2.81 bits per heavy atom. The van der Waals surface area contributed by atoms with Crippen molar-refractivity contribution < 1.29 is 14.7 Å². The molecule has 3 N–H and O–H groups in total. The largest absolute Gasteiger partial charge is 0.481 e. The van der Waals surface area contributed by atoms with Gasteiger partial charge >= 0.3 is 5.97 Å². The van der Waals surface area contributed by atoms with Gasteiger partial charge in [-0.25, -0.2) is 0 Å². The van der Waals surface area contributed by atoms with Crippen LogP contribution in [0.25, 0.3) is 0 Å². The lowest BCUT2D eigenvalue weighted by Crippen LogP contribution is -2.42. The van der Waals surface area contributed by atoms with Crippen molar-refractivity contribution in [2.75, 3.05) is 18.2 Å². The number of thioether (sulfide) groups is 1. The zero-order valence-corrected chi connectivity index (χ0v) is 10.0. The summed E-state index contributed by atoms with van der Waals surface area (Å²) < 4.78 is 0. The number of carboxylic acid groups (broad SMARTS) is 1. The highest BCUT2D eigenvalue weighted by molar-refractivity contribution is 7.99. The molecule has 0 spiro atoms. The van der Waals surface area contributed by atoms with E-state index in [1.54, 1.807) is 11.8 Å². The number of rotatable bonds is 7. The van der Waals surface area contributed by atoms with Crippen molar-refractivity contribution in [3.63, 3.8) is 0 Å². The molecule has 0 radical (unpaired) electrons. The quantitative estimate of drug-likeness (QED) is 0.567. The Labute approximate surface area is 99.4 Å². The second kappa shape index (κ2) is 7.51. The Hall–Kier alpha value is -0.750. The van der Waals surface area contributed by atoms with Crippen LogP contribution in [0.1, 0.15) is 25.7 Å². The summed E-state index contributed by atoms with van der Waals surface area (Å²) in [6.45, 7) is 0.640. The summed E-state index contributed by atoms with van der Waals surface area (Å²) >= 11 is 1.72. The van der Waals surface area contributed by atoms with Gasteiger partial charge in [-0.2, -0.15) is 0 Å². The maximum absolute atomic E-state index is 11.5. The molecule has 0 aromatic heterocycles. The number of carboxylic acids is 1. The molecule has 1 rings (SSSR count). The highest BCUT2D eigenvalue weighted by Crippen LogP contribution is 2.09. The SMILES string of the molecule is O=C(O)CCCCCNC(=O)C1CSCN1. The molecule has 0 aromatic carbocycles. The molecule has 0 saturated carbocycles. The average molecular weight is 246 g/mol. The molecule has 0 aliphatic carbocycles. The molecule has 0 bridgehead atoms. The van der Waals surface area contributed by atoms with Crippen LogP contribution in [0.2, 0.25) is 0 Å². The van der Waals surface area contributed by atoms with Crippen molar-refractivity contribution in [1.82, 2.24) is 10.6 Å². The molecule has 1 saturated heterocycles. The van der Waals surface area contributed by atoms with Crippen LogP contribution in [-0.2, 0) is 9.59 Å². The fourth-order valence-electron chi connectivity index (χ4n) is 1.48. The van der Waals surface area contributed by atoms with Gasteiger partial charge < -0.3 is 10.4 Å². The van der Waals surface area contributed by atoms with Crippen molar-refractivity contribution in [1.29, 1.82) is 0 Å². The van der Waals surface area contributed by atoms with Gasteiger partial charge in [0, 0.05) is 24.6 Å². The van der Waals surface area contributed by atoms with Crippen LogP contribution in [0, 0.1) is 0 Å². The minimum atomic E-state index is -0.754. The molecule has 5 nitrogen and oxygen atoms in total. The van der Waals surface area contributed by atoms with Gasteiger partial charge in [0.2, 0.25) is 5.91 Å². The number of hydrogen-bond acceptors (Lipinski definition) is 4. The predicted octanol–water partition coefficient (Wildman–Crippen LogP) is 0.410. The molecular formula is C10H18N2O3S. The lowest BCUT2D eigenvalue weighted by molar-refractivity contribution is -0.137. The molecule has 16 heavy (non-hydrogen) atoms. The van der Waals surface area contributed by atoms with Crippen molar-refractivity contribution in [2.45, 2.75) is 31.7 Å². The van der Waals surface area contributed by atoms with Crippen LogP contribution in [0.3, 0.4) is 0 Å². The summed E-state index contributed by atoms with van der Waals surface area (Å²) in [4.78, 5) is 21.7.